The predicted octanol–water partition coefficient (Wildman–Crippen LogP) is 3.53. The van der Waals surface area contributed by atoms with Gasteiger partial charge in [-0.2, -0.15) is 5.10 Å². The normalized spacial score (nSPS) is 13.1. The topological polar surface area (TPSA) is 29.9 Å². The summed E-state index contributed by atoms with van der Waals surface area (Å²) in [7, 11) is 0. The van der Waals surface area contributed by atoms with Crippen LogP contribution >= 0.6 is 0 Å². The first-order valence-electron chi connectivity index (χ1n) is 6.41. The van der Waals surface area contributed by atoms with Gasteiger partial charge in [0.2, 0.25) is 0 Å². The van der Waals surface area contributed by atoms with E-state index in [1.807, 2.05) is 6.20 Å². The van der Waals surface area contributed by atoms with E-state index in [0.29, 0.717) is 12.0 Å². The molecule has 0 bridgehead atoms. The van der Waals surface area contributed by atoms with Gasteiger partial charge in [0.15, 0.2) is 0 Å². The molecule has 92 valence electrons. The largest absolute Gasteiger partial charge is 0.368 e. The van der Waals surface area contributed by atoms with Crippen molar-refractivity contribution in [2.24, 2.45) is 5.92 Å². The van der Waals surface area contributed by atoms with Crippen molar-refractivity contribution in [1.82, 2.24) is 9.78 Å². The van der Waals surface area contributed by atoms with E-state index in [9.17, 15) is 0 Å². The van der Waals surface area contributed by atoms with E-state index in [1.165, 1.54) is 19.3 Å². The fourth-order valence-corrected chi connectivity index (χ4v) is 1.78. The third kappa shape index (κ3) is 4.25. The molecule has 1 aromatic heterocycles. The molecule has 0 saturated heterocycles. The maximum absolute atomic E-state index is 4.34. The number of nitrogens with one attached hydrogen (secondary N) is 1. The second kappa shape index (κ2) is 6.56. The zero-order valence-corrected chi connectivity index (χ0v) is 11.0. The molecule has 3 nitrogen and oxygen atoms in total. The van der Waals surface area contributed by atoms with Gasteiger partial charge in [0.1, 0.15) is 5.82 Å². The van der Waals surface area contributed by atoms with E-state index in [2.05, 4.69) is 48.9 Å². The average molecular weight is 223 g/mol. The Bertz CT molecular complexity index is 291. The molecule has 1 aromatic rings. The van der Waals surface area contributed by atoms with Crippen LogP contribution in [0.3, 0.4) is 0 Å². The molecule has 0 aliphatic heterocycles. The summed E-state index contributed by atoms with van der Waals surface area (Å²) in [5.74, 6) is 1.78. The predicted molar refractivity (Wildman–Crippen MR) is 69.7 cm³/mol. The Morgan fingerprint density at radius 2 is 2.12 bits per heavy atom. The molecule has 1 atom stereocenters. The summed E-state index contributed by atoms with van der Waals surface area (Å²) in [6.45, 7) is 9.88. The third-order valence-corrected chi connectivity index (χ3v) is 2.64. The molecule has 3 heteroatoms. The Morgan fingerprint density at radius 3 is 2.75 bits per heavy atom. The maximum Gasteiger partial charge on any atom is 0.124 e. The van der Waals surface area contributed by atoms with Crippen molar-refractivity contribution in [3.05, 3.63) is 12.3 Å². The molecular weight excluding hydrogens is 198 g/mol. The lowest BCUT2D eigenvalue weighted by Gasteiger charge is -2.16. The van der Waals surface area contributed by atoms with Gasteiger partial charge in [-0.3, -0.25) is 0 Å². The highest BCUT2D eigenvalue weighted by molar-refractivity contribution is 5.34. The minimum atomic E-state index is 0.530. The van der Waals surface area contributed by atoms with Gasteiger partial charge >= 0.3 is 0 Å². The van der Waals surface area contributed by atoms with Crippen molar-refractivity contribution in [3.63, 3.8) is 0 Å². The number of nitrogens with zero attached hydrogens (tertiary/aromatic N) is 2. The number of hydrogen-bond acceptors (Lipinski definition) is 2. The molecule has 1 N–H and O–H groups in total. The zero-order chi connectivity index (χ0) is 12.0. The molecule has 16 heavy (non-hydrogen) atoms. The van der Waals surface area contributed by atoms with E-state index >= 15 is 0 Å². The SMILES string of the molecule is CCCCC(C)Nc1ccnn1CC(C)C. The smallest absolute Gasteiger partial charge is 0.124 e. The van der Waals surface area contributed by atoms with Crippen molar-refractivity contribution < 1.29 is 0 Å². The Labute approximate surface area is 99.2 Å². The summed E-state index contributed by atoms with van der Waals surface area (Å²) >= 11 is 0. The fourth-order valence-electron chi connectivity index (χ4n) is 1.78. The summed E-state index contributed by atoms with van der Waals surface area (Å²) in [6, 6.07) is 2.59. The molecule has 0 radical (unpaired) electrons. The van der Waals surface area contributed by atoms with Crippen LogP contribution in [0.1, 0.15) is 47.0 Å². The lowest BCUT2D eigenvalue weighted by molar-refractivity contribution is 0.484. The summed E-state index contributed by atoms with van der Waals surface area (Å²) in [5, 5.41) is 7.87. The van der Waals surface area contributed by atoms with Gasteiger partial charge in [-0.05, 0) is 19.3 Å². The molecule has 0 aromatic carbocycles. The zero-order valence-electron chi connectivity index (χ0n) is 11.0. The Morgan fingerprint density at radius 1 is 1.38 bits per heavy atom. The first kappa shape index (κ1) is 13.1. The van der Waals surface area contributed by atoms with Crippen LogP contribution in [0.25, 0.3) is 0 Å². The van der Waals surface area contributed by atoms with Crippen molar-refractivity contribution in [1.29, 1.82) is 0 Å². The van der Waals surface area contributed by atoms with Crippen LogP contribution in [0.5, 0.6) is 0 Å². The highest BCUT2D eigenvalue weighted by Gasteiger charge is 2.07. The second-order valence-electron chi connectivity index (χ2n) is 4.98. The van der Waals surface area contributed by atoms with Gasteiger partial charge in [0.05, 0.1) is 6.20 Å². The van der Waals surface area contributed by atoms with Crippen molar-refractivity contribution in [3.8, 4) is 0 Å². The summed E-state index contributed by atoms with van der Waals surface area (Å²) in [4.78, 5) is 0. The number of hydrogen-bond donors (Lipinski definition) is 1. The van der Waals surface area contributed by atoms with Crippen LogP contribution in [-0.4, -0.2) is 15.8 Å². The molecular formula is C13H25N3. The average Bonchev–Trinajstić information content (AvgIpc) is 2.62. The quantitative estimate of drug-likeness (QED) is 0.766. The van der Waals surface area contributed by atoms with E-state index < -0.39 is 0 Å². The maximum atomic E-state index is 4.34. The van der Waals surface area contributed by atoms with Crippen LogP contribution in [0.15, 0.2) is 12.3 Å². The van der Waals surface area contributed by atoms with Gasteiger partial charge in [-0.25, -0.2) is 4.68 Å². The van der Waals surface area contributed by atoms with Gasteiger partial charge in [-0.15, -0.1) is 0 Å². The van der Waals surface area contributed by atoms with Crippen LogP contribution in [0.4, 0.5) is 5.82 Å². The number of aromatic nitrogens is 2. The Kier molecular flexibility index (Phi) is 5.36. The molecule has 1 rings (SSSR count). The minimum Gasteiger partial charge on any atom is -0.368 e. The number of anilines is 1. The number of unbranched alkanes of at least 4 members (excludes halogenated alkanes) is 1. The Hall–Kier alpha value is -0.990. The van der Waals surface area contributed by atoms with Crippen LogP contribution in [0.2, 0.25) is 0 Å². The highest BCUT2D eigenvalue weighted by Crippen LogP contribution is 2.12. The van der Waals surface area contributed by atoms with E-state index in [0.717, 1.165) is 12.4 Å². The van der Waals surface area contributed by atoms with Crippen molar-refractivity contribution in [2.75, 3.05) is 5.32 Å². The summed E-state index contributed by atoms with van der Waals surface area (Å²) < 4.78 is 2.06. The Balaban J connectivity index is 2.49. The van der Waals surface area contributed by atoms with Gasteiger partial charge in [0.25, 0.3) is 0 Å². The molecule has 0 amide bonds. The third-order valence-electron chi connectivity index (χ3n) is 2.64. The van der Waals surface area contributed by atoms with Gasteiger partial charge < -0.3 is 5.32 Å². The molecule has 0 fully saturated rings. The standard InChI is InChI=1S/C13H25N3/c1-5-6-7-12(4)15-13-8-9-14-16(13)10-11(2)3/h8-9,11-12,15H,5-7,10H2,1-4H3. The van der Waals surface area contributed by atoms with E-state index in [4.69, 9.17) is 0 Å². The summed E-state index contributed by atoms with van der Waals surface area (Å²) in [6.07, 6.45) is 5.64. The van der Waals surface area contributed by atoms with Crippen LogP contribution in [-0.2, 0) is 6.54 Å². The first-order chi connectivity index (χ1) is 7.63. The van der Waals surface area contributed by atoms with Crippen LogP contribution in [0, 0.1) is 5.92 Å². The first-order valence-corrected chi connectivity index (χ1v) is 6.41. The fraction of sp³-hybridized carbons (Fsp3) is 0.769. The van der Waals surface area contributed by atoms with E-state index in [1.54, 1.807) is 0 Å². The highest BCUT2D eigenvalue weighted by atomic mass is 15.3. The lowest BCUT2D eigenvalue weighted by Crippen LogP contribution is -2.19. The van der Waals surface area contributed by atoms with E-state index in [-0.39, 0.29) is 0 Å². The molecule has 0 spiro atoms. The molecule has 0 aliphatic carbocycles. The van der Waals surface area contributed by atoms with Crippen LogP contribution < -0.4 is 5.32 Å². The molecule has 1 heterocycles. The molecule has 0 aliphatic rings. The molecule has 0 saturated carbocycles. The van der Waals surface area contributed by atoms with Crippen molar-refractivity contribution >= 4 is 5.82 Å². The lowest BCUT2D eigenvalue weighted by atomic mass is 10.1. The van der Waals surface area contributed by atoms with Gasteiger partial charge in [0, 0.05) is 18.7 Å². The molecule has 1 unspecified atom stereocenters. The second-order valence-corrected chi connectivity index (χ2v) is 4.98. The summed E-state index contributed by atoms with van der Waals surface area (Å²) in [5.41, 5.74) is 0. The monoisotopic (exact) mass is 223 g/mol. The number of rotatable bonds is 7. The minimum absolute atomic E-state index is 0.530. The van der Waals surface area contributed by atoms with Crippen molar-refractivity contribution in [2.45, 2.75) is 59.5 Å². The van der Waals surface area contributed by atoms with Gasteiger partial charge in [-0.1, -0.05) is 33.6 Å².